The van der Waals surface area contributed by atoms with Crippen LogP contribution in [-0.2, 0) is 0 Å². The van der Waals surface area contributed by atoms with E-state index in [1.165, 1.54) is 30.3 Å². The predicted octanol–water partition coefficient (Wildman–Crippen LogP) is 3.95. The molecule has 0 saturated carbocycles. The van der Waals surface area contributed by atoms with Gasteiger partial charge in [-0.1, -0.05) is 12.1 Å². The van der Waals surface area contributed by atoms with Gasteiger partial charge in [-0.3, -0.25) is 5.21 Å². The topological polar surface area (TPSA) is 78.1 Å². The van der Waals surface area contributed by atoms with E-state index in [2.05, 4.69) is 0 Å². The Bertz CT molecular complexity index is 877. The van der Waals surface area contributed by atoms with Crippen LogP contribution in [0.15, 0.2) is 54.6 Å². The molecule has 0 radical (unpaired) electrons. The van der Waals surface area contributed by atoms with Crippen LogP contribution in [0.25, 0.3) is 5.69 Å². The summed E-state index contributed by atoms with van der Waals surface area (Å²) in [6, 6.07) is 13.1. The van der Waals surface area contributed by atoms with Crippen molar-refractivity contribution < 1.29 is 24.5 Å². The van der Waals surface area contributed by atoms with Crippen LogP contribution in [-0.4, -0.2) is 26.6 Å². The first-order chi connectivity index (χ1) is 12.0. The van der Waals surface area contributed by atoms with E-state index in [-0.39, 0.29) is 17.3 Å². The summed E-state index contributed by atoms with van der Waals surface area (Å²) in [5, 5.41) is 31.7. The van der Waals surface area contributed by atoms with E-state index in [0.717, 1.165) is 4.57 Å². The highest BCUT2D eigenvalue weighted by Gasteiger charge is 2.22. The van der Waals surface area contributed by atoms with E-state index in [4.69, 9.17) is 4.74 Å². The molecule has 130 valence electrons. The second kappa shape index (κ2) is 6.74. The van der Waals surface area contributed by atoms with Crippen molar-refractivity contribution in [1.29, 1.82) is 0 Å². The highest BCUT2D eigenvalue weighted by molar-refractivity contribution is 5.70. The second-order valence-electron chi connectivity index (χ2n) is 5.24. The summed E-state index contributed by atoms with van der Waals surface area (Å²) in [7, 11) is 0. The predicted molar refractivity (Wildman–Crippen MR) is 90.6 cm³/mol. The molecule has 1 aromatic heterocycles. The Balaban J connectivity index is 2.06. The third-order valence-corrected chi connectivity index (χ3v) is 3.64. The van der Waals surface area contributed by atoms with Crippen molar-refractivity contribution in [2.24, 2.45) is 0 Å². The van der Waals surface area contributed by atoms with Crippen LogP contribution in [0, 0.1) is 5.82 Å². The smallest absolute Gasteiger partial charge is 0.226 e. The van der Waals surface area contributed by atoms with Gasteiger partial charge in [0.1, 0.15) is 17.3 Å². The zero-order chi connectivity index (χ0) is 18.0. The molecule has 7 heteroatoms. The molecule has 0 bridgehead atoms. The lowest BCUT2D eigenvalue weighted by Gasteiger charge is -2.16. The molecule has 0 saturated heterocycles. The van der Waals surface area contributed by atoms with Gasteiger partial charge in [0.05, 0.1) is 18.0 Å². The van der Waals surface area contributed by atoms with Crippen molar-refractivity contribution >= 4 is 11.4 Å². The molecule has 0 amide bonds. The summed E-state index contributed by atoms with van der Waals surface area (Å²) in [6.45, 7) is 2.23. The number of aromatic nitrogens is 1. The lowest BCUT2D eigenvalue weighted by molar-refractivity contribution is 0.295. The molecule has 0 aliphatic heterocycles. The summed E-state index contributed by atoms with van der Waals surface area (Å²) < 4.78 is 19.7. The maximum Gasteiger partial charge on any atom is 0.226 e. The number of benzene rings is 2. The Labute approximate surface area is 143 Å². The Morgan fingerprint density at radius 3 is 2.44 bits per heavy atom. The fraction of sp³-hybridized carbons (Fsp3) is 0.111. The Hall–Kier alpha value is -3.19. The summed E-state index contributed by atoms with van der Waals surface area (Å²) in [4.78, 5) is 0. The van der Waals surface area contributed by atoms with Gasteiger partial charge in [0.2, 0.25) is 11.8 Å². The van der Waals surface area contributed by atoms with Crippen LogP contribution >= 0.6 is 0 Å². The van der Waals surface area contributed by atoms with E-state index in [0.29, 0.717) is 23.1 Å². The standard InChI is InChI=1S/C18H17FN2O4/c1-2-25-16-6-4-3-5-14(16)20-17(22)11-15(18(20)23)21(24)13-9-7-12(19)8-10-13/h3-11,22-24H,2H2,1H3. The van der Waals surface area contributed by atoms with E-state index < -0.39 is 11.7 Å². The molecular weight excluding hydrogens is 327 g/mol. The average Bonchev–Trinajstić information content (AvgIpc) is 2.90. The van der Waals surface area contributed by atoms with E-state index in [1.54, 1.807) is 24.3 Å². The number of rotatable bonds is 5. The number of aromatic hydroxyl groups is 2. The minimum Gasteiger partial charge on any atom is -0.494 e. The molecule has 1 heterocycles. The summed E-state index contributed by atoms with van der Waals surface area (Å²) >= 11 is 0. The van der Waals surface area contributed by atoms with Crippen molar-refractivity contribution in [2.45, 2.75) is 6.92 Å². The highest BCUT2D eigenvalue weighted by atomic mass is 19.1. The molecule has 2 aromatic carbocycles. The molecule has 0 atom stereocenters. The van der Waals surface area contributed by atoms with Crippen molar-refractivity contribution in [3.63, 3.8) is 0 Å². The lowest BCUT2D eigenvalue weighted by Crippen LogP contribution is -2.10. The zero-order valence-corrected chi connectivity index (χ0v) is 13.4. The molecule has 3 rings (SSSR count). The quantitative estimate of drug-likeness (QED) is 0.611. The SMILES string of the molecule is CCOc1ccccc1-n1c(O)cc(N(O)c2ccc(F)cc2)c1O. The van der Waals surface area contributed by atoms with Gasteiger partial charge in [0.25, 0.3) is 0 Å². The van der Waals surface area contributed by atoms with Crippen LogP contribution in [0.1, 0.15) is 6.92 Å². The van der Waals surface area contributed by atoms with Crippen molar-refractivity contribution in [3.05, 3.63) is 60.4 Å². The first-order valence-electron chi connectivity index (χ1n) is 7.63. The van der Waals surface area contributed by atoms with E-state index >= 15 is 0 Å². The minimum atomic E-state index is -0.451. The molecule has 0 aliphatic rings. The Kier molecular flexibility index (Phi) is 4.49. The number of hydrogen-bond acceptors (Lipinski definition) is 5. The molecule has 3 N–H and O–H groups in total. The Morgan fingerprint density at radius 1 is 1.08 bits per heavy atom. The summed E-state index contributed by atoms with van der Waals surface area (Å²) in [5.74, 6) is -0.672. The van der Waals surface area contributed by atoms with E-state index in [9.17, 15) is 19.8 Å². The normalized spacial score (nSPS) is 10.7. The maximum atomic E-state index is 13.0. The van der Waals surface area contributed by atoms with Crippen LogP contribution in [0.2, 0.25) is 0 Å². The number of anilines is 2. The summed E-state index contributed by atoms with van der Waals surface area (Å²) in [6.07, 6.45) is 0. The Morgan fingerprint density at radius 2 is 1.76 bits per heavy atom. The van der Waals surface area contributed by atoms with Gasteiger partial charge in [-0.15, -0.1) is 0 Å². The second-order valence-corrected chi connectivity index (χ2v) is 5.24. The van der Waals surface area contributed by atoms with Gasteiger partial charge >= 0.3 is 0 Å². The monoisotopic (exact) mass is 344 g/mol. The number of ether oxygens (including phenoxy) is 1. The third-order valence-electron chi connectivity index (χ3n) is 3.64. The van der Waals surface area contributed by atoms with Crippen LogP contribution < -0.4 is 9.80 Å². The largest absolute Gasteiger partial charge is 0.494 e. The van der Waals surface area contributed by atoms with Crippen LogP contribution in [0.5, 0.6) is 17.5 Å². The van der Waals surface area contributed by atoms with Gasteiger partial charge in [0.15, 0.2) is 0 Å². The first kappa shape index (κ1) is 16.7. The van der Waals surface area contributed by atoms with Gasteiger partial charge in [0, 0.05) is 6.07 Å². The zero-order valence-electron chi connectivity index (χ0n) is 13.4. The molecule has 6 nitrogen and oxygen atoms in total. The number of halogens is 1. The molecule has 0 aliphatic carbocycles. The molecule has 3 aromatic rings. The average molecular weight is 344 g/mol. The van der Waals surface area contributed by atoms with Crippen molar-refractivity contribution in [2.75, 3.05) is 11.7 Å². The maximum absolute atomic E-state index is 13.0. The molecule has 0 fully saturated rings. The van der Waals surface area contributed by atoms with Gasteiger partial charge in [-0.05, 0) is 43.3 Å². The highest BCUT2D eigenvalue weighted by Crippen LogP contribution is 2.41. The van der Waals surface area contributed by atoms with Gasteiger partial charge in [-0.2, -0.15) is 0 Å². The lowest BCUT2D eigenvalue weighted by atomic mass is 10.3. The summed E-state index contributed by atoms with van der Waals surface area (Å²) in [5.41, 5.74) is 0.584. The number of nitrogens with zero attached hydrogens (tertiary/aromatic N) is 2. The first-order valence-corrected chi connectivity index (χ1v) is 7.63. The van der Waals surface area contributed by atoms with Crippen LogP contribution in [0.4, 0.5) is 15.8 Å². The fourth-order valence-electron chi connectivity index (χ4n) is 2.51. The van der Waals surface area contributed by atoms with Crippen LogP contribution in [0.3, 0.4) is 0 Å². The van der Waals surface area contributed by atoms with Gasteiger partial charge in [-0.25, -0.2) is 14.0 Å². The third kappa shape index (κ3) is 3.09. The van der Waals surface area contributed by atoms with E-state index in [1.807, 2.05) is 6.92 Å². The minimum absolute atomic E-state index is 0.0598. The van der Waals surface area contributed by atoms with Gasteiger partial charge < -0.3 is 14.9 Å². The number of para-hydroxylation sites is 2. The van der Waals surface area contributed by atoms with Crippen molar-refractivity contribution in [3.8, 4) is 23.2 Å². The molecule has 25 heavy (non-hydrogen) atoms. The fourth-order valence-corrected chi connectivity index (χ4v) is 2.51. The number of hydrogen-bond donors (Lipinski definition) is 3. The molecule has 0 spiro atoms. The molecular formula is C18H17FN2O4. The van der Waals surface area contributed by atoms with Crippen molar-refractivity contribution in [1.82, 2.24) is 4.57 Å². The molecule has 0 unspecified atom stereocenters.